The van der Waals surface area contributed by atoms with Crippen molar-refractivity contribution in [2.75, 3.05) is 0 Å². The second-order valence-electron chi connectivity index (χ2n) is 7.92. The number of aromatic nitrogens is 2. The van der Waals surface area contributed by atoms with Crippen molar-refractivity contribution in [2.45, 2.75) is 12.6 Å². The van der Waals surface area contributed by atoms with Gasteiger partial charge in [-0.3, -0.25) is 4.79 Å². The van der Waals surface area contributed by atoms with Gasteiger partial charge in [0.15, 0.2) is 5.76 Å². The van der Waals surface area contributed by atoms with E-state index in [9.17, 15) is 4.79 Å². The molecule has 5 rings (SSSR count). The summed E-state index contributed by atoms with van der Waals surface area (Å²) in [6, 6.07) is 24.2. The van der Waals surface area contributed by atoms with Crippen LogP contribution in [0.15, 0.2) is 95.7 Å². The number of amides is 1. The number of ether oxygens (including phenoxy) is 1. The van der Waals surface area contributed by atoms with Crippen molar-refractivity contribution in [1.82, 2.24) is 14.9 Å². The zero-order valence-electron chi connectivity index (χ0n) is 18.4. The normalized spacial score (nSPS) is 11.9. The molecule has 0 spiro atoms. The van der Waals surface area contributed by atoms with Crippen molar-refractivity contribution in [3.63, 3.8) is 0 Å². The van der Waals surface area contributed by atoms with Gasteiger partial charge in [0.05, 0.1) is 0 Å². The van der Waals surface area contributed by atoms with Crippen LogP contribution >= 0.6 is 11.6 Å². The minimum Gasteiger partial charge on any atom is -0.486 e. The third-order valence-corrected chi connectivity index (χ3v) is 5.83. The van der Waals surface area contributed by atoms with Gasteiger partial charge in [0.25, 0.3) is 5.91 Å². The summed E-state index contributed by atoms with van der Waals surface area (Å²) in [4.78, 5) is 17.4. The summed E-state index contributed by atoms with van der Waals surface area (Å²) in [6.45, 7) is 0.214. The van der Waals surface area contributed by atoms with E-state index in [-0.39, 0.29) is 18.3 Å². The predicted octanol–water partition coefficient (Wildman–Crippen LogP) is 5.92. The molecular formula is C27H22ClN3O3. The van der Waals surface area contributed by atoms with Crippen LogP contribution in [0.5, 0.6) is 5.75 Å². The second kappa shape index (κ2) is 9.45. The third kappa shape index (κ3) is 4.67. The first-order chi connectivity index (χ1) is 16.6. The Morgan fingerprint density at radius 3 is 2.62 bits per heavy atom. The molecule has 0 aliphatic carbocycles. The van der Waals surface area contributed by atoms with E-state index in [1.165, 1.54) is 0 Å². The summed E-state index contributed by atoms with van der Waals surface area (Å²) in [6.07, 6.45) is 3.53. The lowest BCUT2D eigenvalue weighted by Crippen LogP contribution is -2.30. The zero-order valence-corrected chi connectivity index (χ0v) is 19.2. The Bertz CT molecular complexity index is 1440. The maximum absolute atomic E-state index is 13.0. The Hall–Kier alpha value is -4.03. The number of rotatable bonds is 7. The van der Waals surface area contributed by atoms with E-state index >= 15 is 0 Å². The highest BCUT2D eigenvalue weighted by molar-refractivity contribution is 6.30. The Kier molecular flexibility index (Phi) is 6.06. The predicted molar refractivity (Wildman–Crippen MR) is 131 cm³/mol. The lowest BCUT2D eigenvalue weighted by Gasteiger charge is -2.18. The number of hydrogen-bond donors (Lipinski definition) is 1. The van der Waals surface area contributed by atoms with Gasteiger partial charge in [0.2, 0.25) is 0 Å². The van der Waals surface area contributed by atoms with Gasteiger partial charge in [-0.15, -0.1) is 0 Å². The van der Waals surface area contributed by atoms with Crippen molar-refractivity contribution < 1.29 is 13.9 Å². The molecule has 7 heteroatoms. The van der Waals surface area contributed by atoms with Crippen LogP contribution in [0.1, 0.15) is 33.7 Å². The molecule has 0 aliphatic heterocycles. The number of nitrogens with zero attached hydrogens (tertiary/aromatic N) is 2. The van der Waals surface area contributed by atoms with E-state index in [4.69, 9.17) is 20.8 Å². The molecular weight excluding hydrogens is 450 g/mol. The number of imidazole rings is 1. The molecule has 0 radical (unpaired) electrons. The summed E-state index contributed by atoms with van der Waals surface area (Å²) in [7, 11) is 1.88. The number of carbonyl (C=O) groups is 1. The van der Waals surface area contributed by atoms with Gasteiger partial charge in [0.1, 0.15) is 30.0 Å². The van der Waals surface area contributed by atoms with Crippen molar-refractivity contribution >= 4 is 28.3 Å². The fourth-order valence-electron chi connectivity index (χ4n) is 3.80. The Labute approximate surface area is 201 Å². The zero-order chi connectivity index (χ0) is 23.5. The monoisotopic (exact) mass is 471 g/mol. The Morgan fingerprint density at radius 2 is 1.85 bits per heavy atom. The quantitative estimate of drug-likeness (QED) is 0.320. The maximum atomic E-state index is 13.0. The van der Waals surface area contributed by atoms with Gasteiger partial charge in [0, 0.05) is 24.5 Å². The van der Waals surface area contributed by atoms with E-state index in [1.54, 1.807) is 30.5 Å². The van der Waals surface area contributed by atoms with Crippen LogP contribution in [-0.4, -0.2) is 15.5 Å². The number of halogens is 1. The van der Waals surface area contributed by atoms with E-state index < -0.39 is 6.04 Å². The SMILES string of the molecule is Cn1ccnc1[C@H](NC(=O)c1ccc(COc2ccc3ccccc3c2)o1)c1ccc(Cl)cc1. The molecule has 0 unspecified atom stereocenters. The fourth-order valence-corrected chi connectivity index (χ4v) is 3.92. The topological polar surface area (TPSA) is 69.3 Å². The maximum Gasteiger partial charge on any atom is 0.287 e. The van der Waals surface area contributed by atoms with Crippen molar-refractivity contribution in [3.05, 3.63) is 119 Å². The molecule has 6 nitrogen and oxygen atoms in total. The second-order valence-corrected chi connectivity index (χ2v) is 8.35. The van der Waals surface area contributed by atoms with E-state index in [2.05, 4.69) is 16.4 Å². The van der Waals surface area contributed by atoms with Gasteiger partial charge in [-0.05, 0) is 52.7 Å². The number of aryl methyl sites for hydroxylation is 1. The first kappa shape index (κ1) is 21.8. The number of carbonyl (C=O) groups excluding carboxylic acids is 1. The third-order valence-electron chi connectivity index (χ3n) is 5.58. The number of hydrogen-bond acceptors (Lipinski definition) is 4. The lowest BCUT2D eigenvalue weighted by atomic mass is 10.1. The highest BCUT2D eigenvalue weighted by Crippen LogP contribution is 2.24. The van der Waals surface area contributed by atoms with E-state index in [1.807, 2.05) is 66.3 Å². The van der Waals surface area contributed by atoms with Crippen LogP contribution < -0.4 is 10.1 Å². The van der Waals surface area contributed by atoms with E-state index in [0.717, 1.165) is 22.1 Å². The average molecular weight is 472 g/mol. The van der Waals surface area contributed by atoms with Gasteiger partial charge in [-0.25, -0.2) is 4.98 Å². The van der Waals surface area contributed by atoms with Crippen LogP contribution in [0, 0.1) is 0 Å². The largest absolute Gasteiger partial charge is 0.486 e. The molecule has 34 heavy (non-hydrogen) atoms. The van der Waals surface area contributed by atoms with Gasteiger partial charge in [-0.2, -0.15) is 0 Å². The molecule has 2 aromatic heterocycles. The molecule has 0 saturated carbocycles. The highest BCUT2D eigenvalue weighted by Gasteiger charge is 2.23. The molecule has 1 atom stereocenters. The minimum atomic E-state index is -0.466. The summed E-state index contributed by atoms with van der Waals surface area (Å²) < 4.78 is 13.5. The fraction of sp³-hybridized carbons (Fsp3) is 0.111. The van der Waals surface area contributed by atoms with E-state index in [0.29, 0.717) is 16.6 Å². The first-order valence-electron chi connectivity index (χ1n) is 10.8. The summed E-state index contributed by atoms with van der Waals surface area (Å²) in [5.74, 6) is 1.84. The lowest BCUT2D eigenvalue weighted by molar-refractivity contribution is 0.0909. The standard InChI is InChI=1S/C27H22ClN3O3/c1-31-15-14-29-26(31)25(19-6-9-21(28)10-7-19)30-27(32)24-13-12-23(34-24)17-33-22-11-8-18-4-2-3-5-20(18)16-22/h2-16,25H,17H2,1H3,(H,30,32)/t25-/m1/s1. The van der Waals surface area contributed by atoms with Crippen molar-refractivity contribution in [1.29, 1.82) is 0 Å². The van der Waals surface area contributed by atoms with Crippen molar-refractivity contribution in [3.8, 4) is 5.75 Å². The molecule has 2 heterocycles. The minimum absolute atomic E-state index is 0.199. The smallest absolute Gasteiger partial charge is 0.287 e. The van der Waals surface area contributed by atoms with Crippen LogP contribution in [0.2, 0.25) is 5.02 Å². The van der Waals surface area contributed by atoms with Gasteiger partial charge < -0.3 is 19.0 Å². The van der Waals surface area contributed by atoms with Crippen molar-refractivity contribution in [2.24, 2.45) is 7.05 Å². The Morgan fingerprint density at radius 1 is 1.06 bits per heavy atom. The highest BCUT2D eigenvalue weighted by atomic mass is 35.5. The number of furan rings is 1. The molecule has 0 saturated heterocycles. The number of benzene rings is 3. The number of nitrogens with one attached hydrogen (secondary N) is 1. The molecule has 1 N–H and O–H groups in total. The van der Waals surface area contributed by atoms with Gasteiger partial charge >= 0.3 is 0 Å². The molecule has 0 aliphatic rings. The molecule has 0 bridgehead atoms. The summed E-state index contributed by atoms with van der Waals surface area (Å²) >= 11 is 6.04. The molecule has 5 aromatic rings. The van der Waals surface area contributed by atoms with Crippen LogP contribution in [0.4, 0.5) is 0 Å². The van der Waals surface area contributed by atoms with Crippen LogP contribution in [0.3, 0.4) is 0 Å². The van der Waals surface area contributed by atoms with Gasteiger partial charge in [-0.1, -0.05) is 54.1 Å². The molecule has 170 valence electrons. The first-order valence-corrected chi connectivity index (χ1v) is 11.2. The summed E-state index contributed by atoms with van der Waals surface area (Å²) in [5.41, 5.74) is 0.860. The Balaban J connectivity index is 1.29. The molecule has 1 amide bonds. The van der Waals surface area contributed by atoms with Crippen LogP contribution in [0.25, 0.3) is 10.8 Å². The van der Waals surface area contributed by atoms with Crippen LogP contribution in [-0.2, 0) is 13.7 Å². The molecule has 0 fully saturated rings. The number of fused-ring (bicyclic) bond motifs is 1. The average Bonchev–Trinajstić information content (AvgIpc) is 3.51. The summed E-state index contributed by atoms with van der Waals surface area (Å²) in [5, 5.41) is 5.89. The molecule has 3 aromatic carbocycles.